The normalized spacial score (nSPS) is 15.3. The van der Waals surface area contributed by atoms with Gasteiger partial charge < -0.3 is 27.6 Å². The molecule has 12 nitrogen and oxygen atoms in total. The fraction of sp³-hybridized carbons (Fsp3) is 0.727. The van der Waals surface area contributed by atoms with E-state index in [9.17, 15) is 52.8 Å². The minimum atomic E-state index is -6.72. The number of rotatable bonds is 16. The summed E-state index contributed by atoms with van der Waals surface area (Å²) in [6.07, 6.45) is 2.43. The molecule has 1 aliphatic rings. The van der Waals surface area contributed by atoms with Crippen LogP contribution in [0.1, 0.15) is 26.7 Å². The molecule has 1 fully saturated rings. The number of esters is 2. The number of likely N-dealkylation sites (tertiary alicyclic amines) is 1. The zero-order chi connectivity index (χ0) is 32.8. The second kappa shape index (κ2) is 17.1. The fourth-order valence-electron chi connectivity index (χ4n) is 3.13. The van der Waals surface area contributed by atoms with E-state index in [1.165, 1.54) is 12.8 Å². The van der Waals surface area contributed by atoms with Gasteiger partial charge in [0.1, 0.15) is 26.3 Å². The Morgan fingerprint density at radius 3 is 1.31 bits per heavy atom. The largest absolute Gasteiger partial charge is 0.480 e. The SMILES string of the molecule is C=C(C)C(=O)OCCOCC[N+]1(CCOCCOC(=O)C(=C)C)CCCC1.O=S(=O)([N-]S(=O)(=O)C(F)(F)F)C(F)(F)F. The van der Waals surface area contributed by atoms with Crippen LogP contribution in [0.4, 0.5) is 26.3 Å². The standard InChI is InChI=1S/C20H34NO6.C2F6NO4S2/c1-17(2)19(22)26-15-13-24-11-9-21(7-5-6-8-21)10-12-25-14-16-27-20(23)18(3)4;3-1(4,5)14(10,11)9-15(12,13)2(6,7)8/h1,3,5-16H2,2,4H3;/q+1;-1. The number of quaternary nitrogens is 1. The van der Waals surface area contributed by atoms with Crippen LogP contribution in [0.2, 0.25) is 0 Å². The Hall–Kier alpha value is -2.26. The molecule has 0 unspecified atom stereocenters. The maximum absolute atomic E-state index is 11.4. The third-order valence-electron chi connectivity index (χ3n) is 5.33. The molecule has 246 valence electrons. The maximum atomic E-state index is 11.4. The number of hydrogen-bond donors (Lipinski definition) is 0. The van der Waals surface area contributed by atoms with Gasteiger partial charge >= 0.3 is 23.0 Å². The summed E-state index contributed by atoms with van der Waals surface area (Å²) in [5, 5.41) is 0. The van der Waals surface area contributed by atoms with Gasteiger partial charge in [0.15, 0.2) is 20.0 Å². The molecule has 0 spiro atoms. The highest BCUT2D eigenvalue weighted by Gasteiger charge is 2.47. The monoisotopic (exact) mass is 664 g/mol. The third kappa shape index (κ3) is 14.8. The van der Waals surface area contributed by atoms with Crippen LogP contribution >= 0.6 is 0 Å². The van der Waals surface area contributed by atoms with Crippen molar-refractivity contribution in [3.8, 4) is 0 Å². The first-order valence-corrected chi connectivity index (χ1v) is 15.0. The number of ether oxygens (including phenoxy) is 4. The Balaban J connectivity index is 0.000000951. The zero-order valence-corrected chi connectivity index (χ0v) is 24.6. The second-order valence-corrected chi connectivity index (χ2v) is 12.3. The molecule has 1 heterocycles. The van der Waals surface area contributed by atoms with E-state index >= 15 is 0 Å². The zero-order valence-electron chi connectivity index (χ0n) is 23.0. The lowest BCUT2D eigenvalue weighted by atomic mass is 10.4. The minimum absolute atomic E-state index is 0.248. The van der Waals surface area contributed by atoms with E-state index in [1.807, 2.05) is 0 Å². The molecule has 0 radical (unpaired) electrons. The summed E-state index contributed by atoms with van der Waals surface area (Å²) in [6.45, 7) is 16.9. The molecule has 0 aromatic carbocycles. The highest BCUT2D eigenvalue weighted by molar-refractivity contribution is 8.13. The number of hydrogen-bond acceptors (Lipinski definition) is 10. The van der Waals surface area contributed by atoms with Crippen LogP contribution in [0.15, 0.2) is 24.3 Å². The van der Waals surface area contributed by atoms with Crippen molar-refractivity contribution in [1.29, 1.82) is 0 Å². The number of carbonyl (C=O) groups is 2. The molecule has 0 aliphatic carbocycles. The topological polar surface area (TPSA) is 153 Å². The summed E-state index contributed by atoms with van der Waals surface area (Å²) in [7, 11) is -13.4. The van der Waals surface area contributed by atoms with E-state index in [2.05, 4.69) is 13.2 Å². The van der Waals surface area contributed by atoms with Gasteiger partial charge in [-0.05, 0) is 13.8 Å². The predicted molar refractivity (Wildman–Crippen MR) is 135 cm³/mol. The van der Waals surface area contributed by atoms with Crippen molar-refractivity contribution in [2.45, 2.75) is 37.7 Å². The first-order chi connectivity index (χ1) is 19.1. The molecule has 0 aromatic heterocycles. The molecule has 42 heavy (non-hydrogen) atoms. The molecule has 20 heteroatoms. The number of sulfonamides is 2. The number of carbonyl (C=O) groups excluding carboxylic acids is 2. The van der Waals surface area contributed by atoms with Crippen molar-refractivity contribution in [2.24, 2.45) is 0 Å². The summed E-state index contributed by atoms with van der Waals surface area (Å²) in [4.78, 5) is 22.5. The minimum Gasteiger partial charge on any atom is -0.460 e. The summed E-state index contributed by atoms with van der Waals surface area (Å²) in [6, 6.07) is 0. The highest BCUT2D eigenvalue weighted by atomic mass is 32.3. The lowest BCUT2D eigenvalue weighted by Gasteiger charge is -2.34. The van der Waals surface area contributed by atoms with Crippen molar-refractivity contribution in [3.05, 3.63) is 28.4 Å². The average molecular weight is 665 g/mol. The van der Waals surface area contributed by atoms with Gasteiger partial charge in [-0.3, -0.25) is 0 Å². The Bertz CT molecular complexity index is 1050. The first kappa shape index (κ1) is 39.7. The van der Waals surface area contributed by atoms with E-state index in [-0.39, 0.29) is 25.2 Å². The van der Waals surface area contributed by atoms with Crippen molar-refractivity contribution in [2.75, 3.05) is 65.8 Å². The first-order valence-electron chi connectivity index (χ1n) is 12.1. The molecule has 0 amide bonds. The van der Waals surface area contributed by atoms with Gasteiger partial charge in [-0.15, -0.1) is 0 Å². The molecule has 0 saturated carbocycles. The van der Waals surface area contributed by atoms with Gasteiger partial charge in [-0.1, -0.05) is 13.2 Å². The Kier molecular flexibility index (Phi) is 16.2. The maximum Gasteiger partial charge on any atom is 0.480 e. The number of nitrogens with zero attached hydrogens (tertiary/aromatic N) is 2. The van der Waals surface area contributed by atoms with Crippen molar-refractivity contribution in [3.63, 3.8) is 0 Å². The molecule has 0 aromatic rings. The molecule has 0 N–H and O–H groups in total. The average Bonchev–Trinajstić information content (AvgIpc) is 3.30. The Morgan fingerprint density at radius 2 is 1.02 bits per heavy atom. The van der Waals surface area contributed by atoms with Crippen LogP contribution < -0.4 is 0 Å². The number of alkyl halides is 6. The Morgan fingerprint density at radius 1 is 0.690 bits per heavy atom. The van der Waals surface area contributed by atoms with Gasteiger partial charge in [-0.2, -0.15) is 26.3 Å². The van der Waals surface area contributed by atoms with Crippen LogP contribution in [0, 0.1) is 0 Å². The summed E-state index contributed by atoms with van der Waals surface area (Å²) >= 11 is 0. The van der Waals surface area contributed by atoms with E-state index < -0.39 is 31.1 Å². The predicted octanol–water partition coefficient (Wildman–Crippen LogP) is 2.93. The summed E-state index contributed by atoms with van der Waals surface area (Å²) in [5.74, 6) is -0.763. The van der Waals surface area contributed by atoms with Gasteiger partial charge in [-0.25, -0.2) is 26.4 Å². The quantitative estimate of drug-likeness (QED) is 0.0792. The van der Waals surface area contributed by atoms with Crippen LogP contribution in [-0.2, 0) is 48.6 Å². The summed E-state index contributed by atoms with van der Waals surface area (Å²) < 4.78 is 131. The van der Waals surface area contributed by atoms with Crippen molar-refractivity contribution in [1.82, 2.24) is 0 Å². The molecule has 1 rings (SSSR count). The third-order valence-corrected chi connectivity index (χ3v) is 8.07. The molecular formula is C22H34F6N2O10S2. The van der Waals surface area contributed by atoms with E-state index in [0.29, 0.717) is 37.6 Å². The fourth-order valence-corrected chi connectivity index (χ4v) is 4.84. The van der Waals surface area contributed by atoms with E-state index in [1.54, 1.807) is 13.8 Å². The molecule has 0 atom stereocenters. The van der Waals surface area contributed by atoms with Gasteiger partial charge in [0.25, 0.3) is 0 Å². The van der Waals surface area contributed by atoms with Crippen LogP contribution in [0.3, 0.4) is 0 Å². The van der Waals surface area contributed by atoms with Crippen LogP contribution in [0.25, 0.3) is 4.13 Å². The van der Waals surface area contributed by atoms with Gasteiger partial charge in [0.05, 0.1) is 39.5 Å². The number of halogens is 6. The highest BCUT2D eigenvalue weighted by Crippen LogP contribution is 2.36. The molecular weight excluding hydrogens is 630 g/mol. The Labute approximate surface area is 240 Å². The van der Waals surface area contributed by atoms with Crippen molar-refractivity contribution < 1.29 is 76.2 Å². The second-order valence-electron chi connectivity index (χ2n) is 8.92. The lowest BCUT2D eigenvalue weighted by Crippen LogP contribution is -2.49. The van der Waals surface area contributed by atoms with Gasteiger partial charge in [0, 0.05) is 24.0 Å². The van der Waals surface area contributed by atoms with E-state index in [4.69, 9.17) is 18.9 Å². The molecule has 1 aliphatic heterocycles. The molecule has 0 bridgehead atoms. The molecule has 1 saturated heterocycles. The lowest BCUT2D eigenvalue weighted by molar-refractivity contribution is -0.917. The van der Waals surface area contributed by atoms with Crippen LogP contribution in [0.5, 0.6) is 0 Å². The van der Waals surface area contributed by atoms with Crippen molar-refractivity contribution >= 4 is 32.0 Å². The smallest absolute Gasteiger partial charge is 0.460 e. The van der Waals surface area contributed by atoms with Gasteiger partial charge in [0.2, 0.25) is 0 Å². The van der Waals surface area contributed by atoms with E-state index in [0.717, 1.165) is 34.8 Å². The summed E-state index contributed by atoms with van der Waals surface area (Å²) in [5.41, 5.74) is -11.6. The van der Waals surface area contributed by atoms with Crippen LogP contribution in [-0.4, -0.2) is 110 Å².